The van der Waals surface area contributed by atoms with E-state index < -0.39 is 21.9 Å². The molecule has 1 heterocycles. The van der Waals surface area contributed by atoms with Crippen LogP contribution in [0, 0.1) is 5.82 Å². The molecule has 2 atom stereocenters. The van der Waals surface area contributed by atoms with Crippen LogP contribution in [0.4, 0.5) is 4.39 Å². The molecule has 178 valence electrons. The third-order valence-electron chi connectivity index (χ3n) is 5.69. The summed E-state index contributed by atoms with van der Waals surface area (Å²) in [6.07, 6.45) is 1.01. The number of nitrogens with zero attached hydrogens (tertiary/aromatic N) is 1. The van der Waals surface area contributed by atoms with E-state index in [2.05, 4.69) is 14.6 Å². The maximum Gasteiger partial charge on any atom is 0.243 e. The van der Waals surface area contributed by atoms with Gasteiger partial charge in [0, 0.05) is 18.4 Å². The van der Waals surface area contributed by atoms with Gasteiger partial charge in [0.2, 0.25) is 15.9 Å². The average molecular weight is 501 g/mol. The summed E-state index contributed by atoms with van der Waals surface area (Å²) in [4.78, 5) is 12.9. The molecular weight excluding hydrogens is 474 g/mol. The van der Waals surface area contributed by atoms with Gasteiger partial charge >= 0.3 is 0 Å². The van der Waals surface area contributed by atoms with Crippen molar-refractivity contribution in [3.8, 4) is 5.75 Å². The minimum absolute atomic E-state index is 0.0260. The highest BCUT2D eigenvalue weighted by Crippen LogP contribution is 2.26. The maximum atomic E-state index is 13.6. The minimum atomic E-state index is -3.92. The van der Waals surface area contributed by atoms with Crippen LogP contribution in [0.2, 0.25) is 0 Å². The van der Waals surface area contributed by atoms with Crippen LogP contribution in [-0.4, -0.2) is 31.2 Å². The second-order valence-electron chi connectivity index (χ2n) is 8.10. The van der Waals surface area contributed by atoms with Crippen molar-refractivity contribution in [1.82, 2.24) is 9.62 Å². The van der Waals surface area contributed by atoms with Crippen LogP contribution in [-0.2, 0) is 28.0 Å². The molecule has 4 rings (SSSR count). The van der Waals surface area contributed by atoms with E-state index in [-0.39, 0.29) is 29.2 Å². The molecule has 3 aromatic carbocycles. The molecule has 3 aromatic rings. The van der Waals surface area contributed by atoms with E-state index in [0.717, 1.165) is 17.2 Å². The third kappa shape index (κ3) is 5.63. The Labute approximate surface area is 201 Å². The number of amides is 1. The Morgan fingerprint density at radius 2 is 1.82 bits per heavy atom. The molecular formula is C25H26FN2O4PS. The van der Waals surface area contributed by atoms with Crippen LogP contribution in [0.1, 0.15) is 24.0 Å². The SMILES string of the molecule is O=C(NCc1cccc(OCc2ccccc2)c1)C1CCCN1S(=O)(=O)c1ccc(F)c(P)c1. The van der Waals surface area contributed by atoms with Gasteiger partial charge in [-0.25, -0.2) is 12.8 Å². The van der Waals surface area contributed by atoms with Gasteiger partial charge in [-0.3, -0.25) is 4.79 Å². The molecule has 0 radical (unpaired) electrons. The number of ether oxygens (including phenoxy) is 1. The Hall–Kier alpha value is -2.80. The van der Waals surface area contributed by atoms with Crippen LogP contribution in [0.25, 0.3) is 0 Å². The van der Waals surface area contributed by atoms with E-state index in [0.29, 0.717) is 25.2 Å². The zero-order chi connectivity index (χ0) is 24.1. The van der Waals surface area contributed by atoms with E-state index in [1.165, 1.54) is 16.4 Å². The standard InChI is InChI=1S/C25H26FN2O4PS/c26-22-12-11-21(15-24(22)33)34(30,31)28-13-5-10-23(28)25(29)27-16-19-8-4-9-20(14-19)32-17-18-6-2-1-3-7-18/h1-4,6-9,11-12,14-15,23H,5,10,13,16-17,33H2,(H,27,29). The Morgan fingerprint density at radius 3 is 2.59 bits per heavy atom. The first-order valence-corrected chi connectivity index (χ1v) is 13.0. The molecule has 2 unspecified atom stereocenters. The predicted molar refractivity (Wildman–Crippen MR) is 132 cm³/mol. The van der Waals surface area contributed by atoms with Crippen LogP contribution < -0.4 is 15.4 Å². The Kier molecular flexibility index (Phi) is 7.61. The molecule has 1 aliphatic rings. The van der Waals surface area contributed by atoms with Gasteiger partial charge in [0.05, 0.1) is 4.90 Å². The van der Waals surface area contributed by atoms with Gasteiger partial charge in [-0.15, -0.1) is 9.24 Å². The molecule has 34 heavy (non-hydrogen) atoms. The van der Waals surface area contributed by atoms with E-state index >= 15 is 0 Å². The molecule has 1 N–H and O–H groups in total. The highest BCUT2D eigenvalue weighted by atomic mass is 32.2. The monoisotopic (exact) mass is 500 g/mol. The fourth-order valence-electron chi connectivity index (χ4n) is 3.90. The zero-order valence-electron chi connectivity index (χ0n) is 18.5. The maximum absolute atomic E-state index is 13.6. The molecule has 6 nitrogen and oxygen atoms in total. The fraction of sp³-hybridized carbons (Fsp3) is 0.240. The molecule has 0 aromatic heterocycles. The molecule has 0 spiro atoms. The number of hydrogen-bond donors (Lipinski definition) is 1. The first-order chi connectivity index (χ1) is 16.3. The Bertz CT molecular complexity index is 1270. The topological polar surface area (TPSA) is 75.7 Å². The van der Waals surface area contributed by atoms with Gasteiger partial charge in [-0.05, 0) is 54.3 Å². The van der Waals surface area contributed by atoms with Crippen LogP contribution in [0.3, 0.4) is 0 Å². The van der Waals surface area contributed by atoms with Gasteiger partial charge in [-0.1, -0.05) is 42.5 Å². The summed E-state index contributed by atoms with van der Waals surface area (Å²) in [5, 5.41) is 3.01. The number of nitrogens with one attached hydrogen (secondary N) is 1. The first kappa shape index (κ1) is 24.3. The molecule has 9 heteroatoms. The van der Waals surface area contributed by atoms with Crippen LogP contribution in [0.15, 0.2) is 77.7 Å². The van der Waals surface area contributed by atoms with Crippen molar-refractivity contribution in [2.24, 2.45) is 0 Å². The summed E-state index contributed by atoms with van der Waals surface area (Å²) in [6, 6.07) is 20.1. The van der Waals surface area contributed by atoms with Crippen molar-refractivity contribution in [3.63, 3.8) is 0 Å². The highest BCUT2D eigenvalue weighted by Gasteiger charge is 2.39. The van der Waals surface area contributed by atoms with Crippen LogP contribution in [0.5, 0.6) is 5.75 Å². The van der Waals surface area contributed by atoms with Crippen molar-refractivity contribution in [2.75, 3.05) is 6.54 Å². The summed E-state index contributed by atoms with van der Waals surface area (Å²) in [5.41, 5.74) is 1.90. The lowest BCUT2D eigenvalue weighted by atomic mass is 10.2. The van der Waals surface area contributed by atoms with Gasteiger partial charge < -0.3 is 10.1 Å². The minimum Gasteiger partial charge on any atom is -0.489 e. The quantitative estimate of drug-likeness (QED) is 0.482. The van der Waals surface area contributed by atoms with Gasteiger partial charge in [0.1, 0.15) is 24.2 Å². The molecule has 0 bridgehead atoms. The third-order valence-corrected chi connectivity index (χ3v) is 8.04. The highest BCUT2D eigenvalue weighted by molar-refractivity contribution is 7.89. The number of carbonyl (C=O) groups is 1. The molecule has 1 saturated heterocycles. The predicted octanol–water partition coefficient (Wildman–Crippen LogP) is 3.37. The first-order valence-electron chi connectivity index (χ1n) is 10.9. The van der Waals surface area contributed by atoms with Crippen molar-refractivity contribution in [1.29, 1.82) is 0 Å². The fourth-order valence-corrected chi connectivity index (χ4v) is 5.99. The molecule has 0 saturated carbocycles. The average Bonchev–Trinajstić information content (AvgIpc) is 3.35. The van der Waals surface area contributed by atoms with Crippen molar-refractivity contribution < 1.29 is 22.3 Å². The lowest BCUT2D eigenvalue weighted by molar-refractivity contribution is -0.124. The van der Waals surface area contributed by atoms with E-state index in [9.17, 15) is 17.6 Å². The summed E-state index contributed by atoms with van der Waals surface area (Å²) in [5.74, 6) is -0.176. The second-order valence-corrected chi connectivity index (χ2v) is 10.6. The normalized spacial score (nSPS) is 16.4. The molecule has 0 aliphatic carbocycles. The molecule has 1 fully saturated rings. The largest absolute Gasteiger partial charge is 0.489 e. The molecule has 1 amide bonds. The lowest BCUT2D eigenvalue weighted by Gasteiger charge is -2.23. The van der Waals surface area contributed by atoms with Crippen molar-refractivity contribution in [2.45, 2.75) is 36.9 Å². The van der Waals surface area contributed by atoms with Crippen LogP contribution >= 0.6 is 9.24 Å². The smallest absolute Gasteiger partial charge is 0.243 e. The van der Waals surface area contributed by atoms with Gasteiger partial charge in [-0.2, -0.15) is 4.31 Å². The second kappa shape index (κ2) is 10.6. The zero-order valence-corrected chi connectivity index (χ0v) is 20.5. The summed E-state index contributed by atoms with van der Waals surface area (Å²) < 4.78 is 46.9. The summed E-state index contributed by atoms with van der Waals surface area (Å²) in [6.45, 7) is 0.928. The Balaban J connectivity index is 1.39. The number of benzene rings is 3. The Morgan fingerprint density at radius 1 is 1.06 bits per heavy atom. The van der Waals surface area contributed by atoms with Crippen molar-refractivity contribution in [3.05, 3.63) is 89.7 Å². The molecule has 1 aliphatic heterocycles. The number of sulfonamides is 1. The lowest BCUT2D eigenvalue weighted by Crippen LogP contribution is -2.45. The number of rotatable bonds is 8. The number of halogens is 1. The van der Waals surface area contributed by atoms with E-state index in [4.69, 9.17) is 4.74 Å². The van der Waals surface area contributed by atoms with E-state index in [1.807, 2.05) is 54.6 Å². The van der Waals surface area contributed by atoms with Gasteiger partial charge in [0.15, 0.2) is 0 Å². The summed E-state index contributed by atoms with van der Waals surface area (Å²) in [7, 11) is -1.74. The number of carbonyl (C=O) groups excluding carboxylic acids is 1. The summed E-state index contributed by atoms with van der Waals surface area (Å²) >= 11 is 0. The van der Waals surface area contributed by atoms with Crippen molar-refractivity contribution >= 4 is 30.5 Å². The van der Waals surface area contributed by atoms with E-state index in [1.54, 1.807) is 0 Å². The van der Waals surface area contributed by atoms with Gasteiger partial charge in [0.25, 0.3) is 0 Å². The number of hydrogen-bond acceptors (Lipinski definition) is 4.